The zero-order chi connectivity index (χ0) is 27.1. The normalized spacial score (nSPS) is 11.3. The molecule has 0 saturated heterocycles. The molecule has 4 rings (SSSR count). The van der Waals surface area contributed by atoms with Crippen molar-refractivity contribution in [1.82, 2.24) is 0 Å². The predicted molar refractivity (Wildman–Crippen MR) is 149 cm³/mol. The van der Waals surface area contributed by atoms with E-state index in [2.05, 4.69) is 10.6 Å². The number of carboxylic acids is 1. The Bertz CT molecular complexity index is 1470. The maximum absolute atomic E-state index is 13.5. The molecule has 4 aromatic rings. The molecule has 1 atom stereocenters. The lowest BCUT2D eigenvalue weighted by molar-refractivity contribution is -0.115. The first kappa shape index (κ1) is 26.5. The summed E-state index contributed by atoms with van der Waals surface area (Å²) in [5.74, 6) is -1.06. The molecule has 0 spiro atoms. The topological polar surface area (TPSA) is 105 Å². The number of hydrogen-bond donors (Lipinski definition) is 3. The third-order valence-corrected chi connectivity index (χ3v) is 7.01. The molecule has 1 unspecified atom stereocenters. The number of amides is 2. The highest BCUT2D eigenvalue weighted by Crippen LogP contribution is 2.37. The molecule has 0 aliphatic carbocycles. The van der Waals surface area contributed by atoms with Gasteiger partial charge in [-0.2, -0.15) is 0 Å². The number of thioether (sulfide) groups is 1. The van der Waals surface area contributed by atoms with E-state index >= 15 is 0 Å². The molecule has 0 bridgehead atoms. The molecule has 0 aromatic heterocycles. The number of carboxylic acid groups (broad SMARTS) is 1. The molecule has 8 heteroatoms. The van der Waals surface area contributed by atoms with Gasteiger partial charge in [-0.15, -0.1) is 11.8 Å². The van der Waals surface area contributed by atoms with Crippen LogP contribution in [0.4, 0.5) is 11.4 Å². The summed E-state index contributed by atoms with van der Waals surface area (Å²) in [5, 5.41) is 14.5. The fourth-order valence-corrected chi connectivity index (χ4v) is 4.82. The Hall–Kier alpha value is -4.56. The number of ether oxygens (including phenoxy) is 1. The standard InChI is InChI=1S/C30H26N2O5S/c1-19-14-15-22(30(35)36)17-26(19)32-29(34)27(20-8-4-3-5-9-20)38-25-13-7-11-23(18-25)31-28(33)21-10-6-12-24(16-21)37-2/h3-18,27H,1-2H3,(H,31,33)(H,32,34)(H,35,36). The molecule has 0 aliphatic heterocycles. The zero-order valence-electron chi connectivity index (χ0n) is 20.8. The fraction of sp³-hybridized carbons (Fsp3) is 0.100. The van der Waals surface area contributed by atoms with E-state index in [4.69, 9.17) is 4.74 Å². The summed E-state index contributed by atoms with van der Waals surface area (Å²) in [4.78, 5) is 38.5. The molecule has 0 saturated carbocycles. The Labute approximate surface area is 224 Å². The fourth-order valence-electron chi connectivity index (χ4n) is 3.74. The van der Waals surface area contributed by atoms with E-state index in [1.54, 1.807) is 50.4 Å². The Kier molecular flexibility index (Phi) is 8.45. The van der Waals surface area contributed by atoms with Gasteiger partial charge in [0.1, 0.15) is 11.0 Å². The predicted octanol–water partition coefficient (Wildman–Crippen LogP) is 6.43. The van der Waals surface area contributed by atoms with Crippen LogP contribution in [0.25, 0.3) is 0 Å². The second-order valence-electron chi connectivity index (χ2n) is 8.45. The van der Waals surface area contributed by atoms with E-state index in [1.165, 1.54) is 23.9 Å². The maximum atomic E-state index is 13.5. The molecule has 2 amide bonds. The smallest absolute Gasteiger partial charge is 0.335 e. The summed E-state index contributed by atoms with van der Waals surface area (Å²) in [6.45, 7) is 1.81. The molecule has 192 valence electrons. The summed E-state index contributed by atoms with van der Waals surface area (Å²) in [6, 6.07) is 28.1. The van der Waals surface area contributed by atoms with Gasteiger partial charge in [-0.3, -0.25) is 9.59 Å². The van der Waals surface area contributed by atoms with Gasteiger partial charge in [-0.05, 0) is 66.6 Å². The molecular weight excluding hydrogens is 500 g/mol. The van der Waals surface area contributed by atoms with E-state index < -0.39 is 11.2 Å². The highest BCUT2D eigenvalue weighted by Gasteiger charge is 2.23. The molecule has 0 heterocycles. The number of carbonyl (C=O) groups excluding carboxylic acids is 2. The summed E-state index contributed by atoms with van der Waals surface area (Å²) in [7, 11) is 1.54. The Morgan fingerprint density at radius 2 is 1.58 bits per heavy atom. The van der Waals surface area contributed by atoms with Crippen molar-refractivity contribution in [1.29, 1.82) is 0 Å². The van der Waals surface area contributed by atoms with Crippen LogP contribution in [0.2, 0.25) is 0 Å². The molecule has 0 fully saturated rings. The van der Waals surface area contributed by atoms with Crippen LogP contribution in [0.1, 0.15) is 37.1 Å². The van der Waals surface area contributed by atoms with E-state index in [0.29, 0.717) is 22.7 Å². The van der Waals surface area contributed by atoms with E-state index in [9.17, 15) is 19.5 Å². The number of nitrogens with one attached hydrogen (secondary N) is 2. The SMILES string of the molecule is COc1cccc(C(=O)Nc2cccc(SC(C(=O)Nc3cc(C(=O)O)ccc3C)c3ccccc3)c2)c1. The average Bonchev–Trinajstić information content (AvgIpc) is 2.93. The highest BCUT2D eigenvalue weighted by molar-refractivity contribution is 8.00. The first-order chi connectivity index (χ1) is 18.3. The van der Waals surface area contributed by atoms with E-state index in [-0.39, 0.29) is 17.4 Å². The van der Waals surface area contributed by atoms with Gasteiger partial charge in [0.15, 0.2) is 0 Å². The minimum atomic E-state index is -1.07. The third kappa shape index (κ3) is 6.60. The average molecular weight is 527 g/mol. The Balaban J connectivity index is 1.56. The number of methoxy groups -OCH3 is 1. The molecule has 38 heavy (non-hydrogen) atoms. The van der Waals surface area contributed by atoms with Gasteiger partial charge in [0.05, 0.1) is 12.7 Å². The van der Waals surface area contributed by atoms with E-state index in [0.717, 1.165) is 16.0 Å². The van der Waals surface area contributed by atoms with Crippen LogP contribution in [-0.2, 0) is 4.79 Å². The summed E-state index contributed by atoms with van der Waals surface area (Å²) in [6.07, 6.45) is 0. The van der Waals surface area contributed by atoms with Gasteiger partial charge < -0.3 is 20.5 Å². The number of carbonyl (C=O) groups is 3. The van der Waals surface area contributed by atoms with Gasteiger partial charge in [-0.1, -0.05) is 48.5 Å². The molecule has 3 N–H and O–H groups in total. The first-order valence-corrected chi connectivity index (χ1v) is 12.6. The first-order valence-electron chi connectivity index (χ1n) is 11.8. The number of hydrogen-bond acceptors (Lipinski definition) is 5. The van der Waals surface area contributed by atoms with Crippen molar-refractivity contribution in [3.8, 4) is 5.75 Å². The number of rotatable bonds is 9. The minimum Gasteiger partial charge on any atom is -0.497 e. The van der Waals surface area contributed by atoms with Crippen molar-refractivity contribution < 1.29 is 24.2 Å². The van der Waals surface area contributed by atoms with Gasteiger partial charge in [0, 0.05) is 21.8 Å². The third-order valence-electron chi connectivity index (χ3n) is 5.76. The van der Waals surface area contributed by atoms with E-state index in [1.807, 2.05) is 48.5 Å². The van der Waals surface area contributed by atoms with Gasteiger partial charge >= 0.3 is 5.97 Å². The van der Waals surface area contributed by atoms with Crippen LogP contribution in [0.15, 0.2) is 102 Å². The van der Waals surface area contributed by atoms with Crippen LogP contribution in [0.5, 0.6) is 5.75 Å². The number of aryl methyl sites for hydroxylation is 1. The molecule has 7 nitrogen and oxygen atoms in total. The molecular formula is C30H26N2O5S. The van der Waals surface area contributed by atoms with Crippen molar-refractivity contribution in [3.05, 3.63) is 119 Å². The second-order valence-corrected chi connectivity index (χ2v) is 9.63. The zero-order valence-corrected chi connectivity index (χ0v) is 21.6. The van der Waals surface area contributed by atoms with Crippen LogP contribution < -0.4 is 15.4 Å². The number of benzene rings is 4. The Morgan fingerprint density at radius 1 is 0.816 bits per heavy atom. The monoisotopic (exact) mass is 526 g/mol. The Morgan fingerprint density at radius 3 is 2.32 bits per heavy atom. The lowest BCUT2D eigenvalue weighted by atomic mass is 10.1. The molecule has 0 aliphatic rings. The van der Waals surface area contributed by atoms with Crippen LogP contribution in [0, 0.1) is 6.92 Å². The summed E-state index contributed by atoms with van der Waals surface area (Å²) >= 11 is 1.33. The molecule has 0 radical (unpaired) electrons. The quantitative estimate of drug-likeness (QED) is 0.217. The lowest BCUT2D eigenvalue weighted by Gasteiger charge is -2.19. The van der Waals surface area contributed by atoms with Crippen molar-refractivity contribution in [2.75, 3.05) is 17.7 Å². The van der Waals surface area contributed by atoms with Gasteiger partial charge in [0.2, 0.25) is 5.91 Å². The van der Waals surface area contributed by atoms with Crippen LogP contribution in [-0.4, -0.2) is 30.0 Å². The van der Waals surface area contributed by atoms with Crippen molar-refractivity contribution >= 4 is 40.9 Å². The lowest BCUT2D eigenvalue weighted by Crippen LogP contribution is -2.20. The molecule has 4 aromatic carbocycles. The highest BCUT2D eigenvalue weighted by atomic mass is 32.2. The summed E-state index contributed by atoms with van der Waals surface area (Å²) < 4.78 is 5.20. The largest absolute Gasteiger partial charge is 0.497 e. The van der Waals surface area contributed by atoms with Crippen molar-refractivity contribution in [2.45, 2.75) is 17.1 Å². The minimum absolute atomic E-state index is 0.0919. The second kappa shape index (κ2) is 12.1. The van der Waals surface area contributed by atoms with Crippen molar-refractivity contribution in [3.63, 3.8) is 0 Å². The van der Waals surface area contributed by atoms with Crippen molar-refractivity contribution in [2.24, 2.45) is 0 Å². The number of aromatic carboxylic acids is 1. The van der Waals surface area contributed by atoms with Gasteiger partial charge in [-0.25, -0.2) is 4.79 Å². The number of anilines is 2. The maximum Gasteiger partial charge on any atom is 0.335 e. The van der Waals surface area contributed by atoms with Crippen LogP contribution in [0.3, 0.4) is 0 Å². The van der Waals surface area contributed by atoms with Crippen LogP contribution >= 0.6 is 11.8 Å². The summed E-state index contributed by atoms with van der Waals surface area (Å²) in [5.41, 5.74) is 3.11. The van der Waals surface area contributed by atoms with Gasteiger partial charge in [0.25, 0.3) is 5.91 Å².